The summed E-state index contributed by atoms with van der Waals surface area (Å²) in [6, 6.07) is 22.6. The molecule has 5 aromatic rings. The number of hydrogen-bond donors (Lipinski definition) is 1. The van der Waals surface area contributed by atoms with Crippen LogP contribution in [0.15, 0.2) is 87.6 Å². The van der Waals surface area contributed by atoms with Crippen molar-refractivity contribution in [3.05, 3.63) is 88.7 Å². The van der Waals surface area contributed by atoms with Gasteiger partial charge >= 0.3 is 0 Å². The predicted octanol–water partition coefficient (Wildman–Crippen LogP) is 4.55. The van der Waals surface area contributed by atoms with Crippen LogP contribution in [0.3, 0.4) is 0 Å². The van der Waals surface area contributed by atoms with Gasteiger partial charge in [0, 0.05) is 16.1 Å². The minimum absolute atomic E-state index is 0.143. The summed E-state index contributed by atoms with van der Waals surface area (Å²) in [7, 11) is 1.60. The molecule has 1 N–H and O–H groups in total. The van der Waals surface area contributed by atoms with Gasteiger partial charge in [0.05, 0.1) is 30.3 Å². The van der Waals surface area contributed by atoms with Gasteiger partial charge in [0.1, 0.15) is 5.75 Å². The monoisotopic (exact) mass is 517 g/mol. The molecule has 0 atom stereocenters. The highest BCUT2D eigenvalue weighted by molar-refractivity contribution is 7.99. The van der Waals surface area contributed by atoms with E-state index in [2.05, 4.69) is 15.5 Å². The highest BCUT2D eigenvalue weighted by atomic mass is 32.2. The maximum Gasteiger partial charge on any atom is 0.263 e. The molecule has 3 aromatic carbocycles. The number of methoxy groups -OCH3 is 1. The molecule has 0 aliphatic rings. The number of aromatic nitrogens is 4. The van der Waals surface area contributed by atoms with E-state index in [9.17, 15) is 9.59 Å². The van der Waals surface area contributed by atoms with Crippen LogP contribution in [0.2, 0.25) is 0 Å². The highest BCUT2D eigenvalue weighted by Crippen LogP contribution is 2.24. The number of carbonyl (C=O) groups excluding carboxylic acids is 1. The van der Waals surface area contributed by atoms with Crippen molar-refractivity contribution in [1.29, 1.82) is 0 Å². The zero-order valence-electron chi connectivity index (χ0n) is 19.7. The number of thioether (sulfide) groups is 2. The quantitative estimate of drug-likeness (QED) is 0.302. The summed E-state index contributed by atoms with van der Waals surface area (Å²) in [6.07, 6.45) is 1.99. The molecule has 0 aliphatic heterocycles. The molecule has 0 saturated carbocycles. The third-order valence-electron chi connectivity index (χ3n) is 5.69. The maximum atomic E-state index is 13.4. The predicted molar refractivity (Wildman–Crippen MR) is 144 cm³/mol. The molecule has 1 amide bonds. The van der Waals surface area contributed by atoms with Crippen LogP contribution in [0.4, 0.5) is 5.69 Å². The zero-order valence-corrected chi connectivity index (χ0v) is 21.3. The van der Waals surface area contributed by atoms with Crippen LogP contribution >= 0.6 is 23.5 Å². The van der Waals surface area contributed by atoms with Crippen molar-refractivity contribution in [2.24, 2.45) is 0 Å². The first-order valence-corrected chi connectivity index (χ1v) is 13.4. The Balaban J connectivity index is 1.49. The minimum Gasteiger partial charge on any atom is -0.496 e. The number of para-hydroxylation sites is 2. The Morgan fingerprint density at radius 2 is 1.83 bits per heavy atom. The lowest BCUT2D eigenvalue weighted by Crippen LogP contribution is -2.24. The highest BCUT2D eigenvalue weighted by Gasteiger charge is 2.18. The number of nitrogens with one attached hydrogen (secondary N) is 1. The smallest absolute Gasteiger partial charge is 0.263 e. The van der Waals surface area contributed by atoms with Crippen molar-refractivity contribution < 1.29 is 9.53 Å². The van der Waals surface area contributed by atoms with Crippen molar-refractivity contribution in [2.75, 3.05) is 24.4 Å². The number of rotatable bonds is 8. The second kappa shape index (κ2) is 10.5. The topological polar surface area (TPSA) is 90.5 Å². The van der Waals surface area contributed by atoms with Crippen LogP contribution in [-0.4, -0.2) is 44.2 Å². The number of ether oxygens (including phenoxy) is 1. The van der Waals surface area contributed by atoms with E-state index in [4.69, 9.17) is 4.74 Å². The first kappa shape index (κ1) is 24.0. The van der Waals surface area contributed by atoms with Gasteiger partial charge in [0.25, 0.3) is 5.56 Å². The lowest BCUT2D eigenvalue weighted by molar-refractivity contribution is -0.113. The number of amides is 1. The van der Waals surface area contributed by atoms with Crippen molar-refractivity contribution in [2.45, 2.75) is 16.6 Å². The van der Waals surface area contributed by atoms with E-state index in [0.29, 0.717) is 27.6 Å². The third kappa shape index (κ3) is 4.69. The van der Waals surface area contributed by atoms with Gasteiger partial charge < -0.3 is 10.1 Å². The molecule has 2 heterocycles. The Kier molecular flexibility index (Phi) is 6.97. The Bertz CT molecular complexity index is 1630. The Labute approximate surface area is 215 Å². The minimum atomic E-state index is -0.167. The van der Waals surface area contributed by atoms with E-state index in [-0.39, 0.29) is 23.8 Å². The molecule has 0 saturated heterocycles. The molecule has 36 heavy (non-hydrogen) atoms. The van der Waals surface area contributed by atoms with Crippen LogP contribution in [-0.2, 0) is 11.3 Å². The molecule has 0 aliphatic carbocycles. The SMILES string of the molecule is COc1ccccc1Cn1c(=O)c2ccccc2n2c(SCC(=O)Nc3cccc(SC)c3)nnc12. The lowest BCUT2D eigenvalue weighted by Gasteiger charge is -2.13. The van der Waals surface area contributed by atoms with Gasteiger partial charge in [-0.05, 0) is 42.7 Å². The van der Waals surface area contributed by atoms with Crippen molar-refractivity contribution >= 4 is 51.8 Å². The molecule has 0 unspecified atom stereocenters. The number of nitrogens with zero attached hydrogens (tertiary/aromatic N) is 4. The molecule has 0 radical (unpaired) electrons. The second-order valence-electron chi connectivity index (χ2n) is 7.91. The van der Waals surface area contributed by atoms with E-state index in [1.165, 1.54) is 11.8 Å². The van der Waals surface area contributed by atoms with Crippen LogP contribution in [0.25, 0.3) is 16.7 Å². The summed E-state index contributed by atoms with van der Waals surface area (Å²) in [5, 5.41) is 12.7. The number of fused-ring (bicyclic) bond motifs is 3. The first-order chi connectivity index (χ1) is 17.6. The number of carbonyl (C=O) groups is 1. The molecule has 5 rings (SSSR count). The van der Waals surface area contributed by atoms with E-state index in [1.54, 1.807) is 29.5 Å². The first-order valence-electron chi connectivity index (χ1n) is 11.1. The van der Waals surface area contributed by atoms with Gasteiger partial charge in [0.2, 0.25) is 11.7 Å². The Morgan fingerprint density at radius 1 is 1.03 bits per heavy atom. The molecular weight excluding hydrogens is 494 g/mol. The molecule has 10 heteroatoms. The van der Waals surface area contributed by atoms with E-state index in [0.717, 1.165) is 16.1 Å². The van der Waals surface area contributed by atoms with Crippen LogP contribution in [0, 0.1) is 0 Å². The summed E-state index contributed by atoms with van der Waals surface area (Å²) in [5.74, 6) is 1.08. The lowest BCUT2D eigenvalue weighted by atomic mass is 10.2. The van der Waals surface area contributed by atoms with E-state index in [1.807, 2.05) is 77.4 Å². The van der Waals surface area contributed by atoms with Crippen molar-refractivity contribution in [3.8, 4) is 5.75 Å². The molecule has 182 valence electrons. The van der Waals surface area contributed by atoms with E-state index < -0.39 is 0 Å². The van der Waals surface area contributed by atoms with Gasteiger partial charge in [-0.1, -0.05) is 48.2 Å². The Hall–Kier alpha value is -3.76. The second-order valence-corrected chi connectivity index (χ2v) is 9.73. The van der Waals surface area contributed by atoms with Gasteiger partial charge in [0.15, 0.2) is 5.16 Å². The fraction of sp³-hybridized carbons (Fsp3) is 0.154. The van der Waals surface area contributed by atoms with Crippen LogP contribution in [0.5, 0.6) is 5.75 Å². The molecule has 2 aromatic heterocycles. The standard InChI is InChI=1S/C26H23N5O3S2/c1-34-22-13-6-3-8-17(22)15-30-24(33)20-11-4-5-12-21(20)31-25(30)28-29-26(31)36-16-23(32)27-18-9-7-10-19(14-18)35-2/h3-14H,15-16H2,1-2H3,(H,27,32). The normalized spacial score (nSPS) is 11.2. The Morgan fingerprint density at radius 3 is 2.67 bits per heavy atom. The van der Waals surface area contributed by atoms with Gasteiger partial charge in [-0.15, -0.1) is 22.0 Å². The van der Waals surface area contributed by atoms with E-state index >= 15 is 0 Å². The zero-order chi connectivity index (χ0) is 25.1. The van der Waals surface area contributed by atoms with Gasteiger partial charge in [-0.2, -0.15) is 0 Å². The largest absolute Gasteiger partial charge is 0.496 e. The summed E-state index contributed by atoms with van der Waals surface area (Å²) in [4.78, 5) is 27.2. The molecule has 0 fully saturated rings. The number of hydrogen-bond acceptors (Lipinski definition) is 7. The fourth-order valence-electron chi connectivity index (χ4n) is 4.00. The molecule has 0 bridgehead atoms. The molecule has 8 nitrogen and oxygen atoms in total. The van der Waals surface area contributed by atoms with Gasteiger partial charge in [-0.3, -0.25) is 18.6 Å². The molecule has 0 spiro atoms. The number of benzene rings is 3. The van der Waals surface area contributed by atoms with Crippen molar-refractivity contribution in [1.82, 2.24) is 19.2 Å². The third-order valence-corrected chi connectivity index (χ3v) is 7.34. The maximum absolute atomic E-state index is 13.4. The van der Waals surface area contributed by atoms with Crippen LogP contribution < -0.4 is 15.6 Å². The van der Waals surface area contributed by atoms with Crippen molar-refractivity contribution in [3.63, 3.8) is 0 Å². The average Bonchev–Trinajstić information content (AvgIpc) is 3.34. The fourth-order valence-corrected chi connectivity index (χ4v) is 5.20. The summed E-state index contributed by atoms with van der Waals surface area (Å²) < 4.78 is 8.90. The average molecular weight is 518 g/mol. The number of anilines is 1. The van der Waals surface area contributed by atoms with Gasteiger partial charge in [-0.25, -0.2) is 0 Å². The summed E-state index contributed by atoms with van der Waals surface area (Å²) in [5.41, 5.74) is 2.12. The summed E-state index contributed by atoms with van der Waals surface area (Å²) in [6.45, 7) is 0.270. The molecular formula is C26H23N5O3S2. The summed E-state index contributed by atoms with van der Waals surface area (Å²) >= 11 is 2.88. The van der Waals surface area contributed by atoms with Crippen LogP contribution in [0.1, 0.15) is 5.56 Å².